The van der Waals surface area contributed by atoms with E-state index in [1.54, 1.807) is 0 Å². The van der Waals surface area contributed by atoms with Crippen LogP contribution in [-0.2, 0) is 6.42 Å². The molecule has 0 aliphatic heterocycles. The highest BCUT2D eigenvalue weighted by atomic mass is 35.5. The van der Waals surface area contributed by atoms with Crippen LogP contribution >= 0.6 is 11.6 Å². The van der Waals surface area contributed by atoms with E-state index in [-0.39, 0.29) is 0 Å². The van der Waals surface area contributed by atoms with Crippen LogP contribution in [0.15, 0.2) is 0 Å². The molecule has 1 aromatic heterocycles. The predicted molar refractivity (Wildman–Crippen MR) is 61.1 cm³/mol. The van der Waals surface area contributed by atoms with Gasteiger partial charge < -0.3 is 0 Å². The maximum absolute atomic E-state index is 6.09. The first-order chi connectivity index (χ1) is 7.24. The fourth-order valence-electron chi connectivity index (χ4n) is 2.23. The summed E-state index contributed by atoms with van der Waals surface area (Å²) < 4.78 is 2.12. The first kappa shape index (κ1) is 10.9. The molecule has 1 heterocycles. The Balaban J connectivity index is 2.19. The summed E-state index contributed by atoms with van der Waals surface area (Å²) in [5, 5.41) is 8.68. The first-order valence-corrected chi connectivity index (χ1v) is 6.21. The average Bonchev–Trinajstić information content (AvgIpc) is 2.45. The van der Waals surface area contributed by atoms with Crippen LogP contribution in [0, 0.1) is 5.92 Å². The maximum atomic E-state index is 6.09. The van der Waals surface area contributed by atoms with Gasteiger partial charge in [-0.2, -0.15) is 0 Å². The summed E-state index contributed by atoms with van der Waals surface area (Å²) in [6.07, 6.45) is 6.06. The third kappa shape index (κ3) is 2.03. The maximum Gasteiger partial charge on any atom is 0.225 e. The SMILES string of the molecule is CCCc1nnc(Cl)n1C(C)C1CCC1. The molecule has 4 heteroatoms. The van der Waals surface area contributed by atoms with E-state index in [1.165, 1.54) is 19.3 Å². The number of hydrogen-bond acceptors (Lipinski definition) is 2. The van der Waals surface area contributed by atoms with Crippen LogP contribution in [0.4, 0.5) is 0 Å². The lowest BCUT2D eigenvalue weighted by molar-refractivity contribution is 0.219. The first-order valence-electron chi connectivity index (χ1n) is 5.83. The summed E-state index contributed by atoms with van der Waals surface area (Å²) in [6.45, 7) is 4.39. The highest BCUT2D eigenvalue weighted by Crippen LogP contribution is 2.37. The van der Waals surface area contributed by atoms with E-state index in [2.05, 4.69) is 28.6 Å². The average molecular weight is 228 g/mol. The second kappa shape index (κ2) is 4.52. The molecule has 0 aromatic carbocycles. The minimum absolute atomic E-state index is 0.461. The van der Waals surface area contributed by atoms with Gasteiger partial charge in [-0.1, -0.05) is 13.3 Å². The zero-order valence-corrected chi connectivity index (χ0v) is 10.2. The predicted octanol–water partition coefficient (Wildman–Crippen LogP) is 3.25. The third-order valence-corrected chi connectivity index (χ3v) is 3.70. The lowest BCUT2D eigenvalue weighted by Gasteiger charge is -2.32. The number of rotatable bonds is 4. The highest BCUT2D eigenvalue weighted by Gasteiger charge is 2.28. The molecule has 0 radical (unpaired) electrons. The van der Waals surface area contributed by atoms with Gasteiger partial charge in [-0.15, -0.1) is 10.2 Å². The van der Waals surface area contributed by atoms with Gasteiger partial charge >= 0.3 is 0 Å². The Bertz CT molecular complexity index is 331. The van der Waals surface area contributed by atoms with Crippen molar-refractivity contribution in [1.82, 2.24) is 14.8 Å². The Morgan fingerprint density at radius 3 is 2.73 bits per heavy atom. The van der Waals surface area contributed by atoms with Crippen LogP contribution in [0.1, 0.15) is 51.4 Å². The zero-order chi connectivity index (χ0) is 10.8. The number of aryl methyl sites for hydroxylation is 1. The third-order valence-electron chi connectivity index (χ3n) is 3.44. The molecule has 1 aliphatic carbocycles. The molecule has 1 atom stereocenters. The Morgan fingerprint density at radius 2 is 2.20 bits per heavy atom. The molecule has 1 aliphatic rings. The van der Waals surface area contributed by atoms with Gasteiger partial charge in [0, 0.05) is 12.5 Å². The van der Waals surface area contributed by atoms with Crippen molar-refractivity contribution in [1.29, 1.82) is 0 Å². The summed E-state index contributed by atoms with van der Waals surface area (Å²) in [5.74, 6) is 1.82. The summed E-state index contributed by atoms with van der Waals surface area (Å²) >= 11 is 6.09. The van der Waals surface area contributed by atoms with Gasteiger partial charge in [0.2, 0.25) is 5.28 Å². The fraction of sp³-hybridized carbons (Fsp3) is 0.818. The van der Waals surface area contributed by atoms with Crippen LogP contribution in [-0.4, -0.2) is 14.8 Å². The molecule has 84 valence electrons. The zero-order valence-electron chi connectivity index (χ0n) is 9.41. The normalized spacial score (nSPS) is 18.9. The van der Waals surface area contributed by atoms with Crippen LogP contribution in [0.25, 0.3) is 0 Å². The van der Waals surface area contributed by atoms with Gasteiger partial charge in [0.05, 0.1) is 0 Å². The Hall–Kier alpha value is -0.570. The quantitative estimate of drug-likeness (QED) is 0.791. The molecule has 0 bridgehead atoms. The van der Waals surface area contributed by atoms with Crippen LogP contribution in [0.2, 0.25) is 5.28 Å². The van der Waals surface area contributed by atoms with Crippen molar-refractivity contribution in [2.24, 2.45) is 5.92 Å². The summed E-state index contributed by atoms with van der Waals surface area (Å²) in [6, 6.07) is 0.461. The van der Waals surface area contributed by atoms with Gasteiger partial charge in [-0.25, -0.2) is 0 Å². The van der Waals surface area contributed by atoms with Crippen molar-refractivity contribution in [3.8, 4) is 0 Å². The van der Waals surface area contributed by atoms with Crippen molar-refractivity contribution in [2.45, 2.75) is 52.0 Å². The van der Waals surface area contributed by atoms with Crippen molar-refractivity contribution in [3.05, 3.63) is 11.1 Å². The molecule has 3 nitrogen and oxygen atoms in total. The van der Waals surface area contributed by atoms with Crippen molar-refractivity contribution in [3.63, 3.8) is 0 Å². The molecule has 1 fully saturated rings. The van der Waals surface area contributed by atoms with Gasteiger partial charge in [-0.3, -0.25) is 4.57 Å². The van der Waals surface area contributed by atoms with E-state index in [1.807, 2.05) is 0 Å². The Morgan fingerprint density at radius 1 is 1.47 bits per heavy atom. The molecule has 0 spiro atoms. The molecule has 0 N–H and O–H groups in total. The minimum atomic E-state index is 0.461. The topological polar surface area (TPSA) is 30.7 Å². The van der Waals surface area contributed by atoms with Crippen LogP contribution in [0.3, 0.4) is 0 Å². The van der Waals surface area contributed by atoms with E-state index in [0.29, 0.717) is 11.3 Å². The standard InChI is InChI=1S/C11H18ClN3/c1-3-5-10-13-14-11(12)15(10)8(2)9-6-4-7-9/h8-9H,3-7H2,1-2H3. The van der Waals surface area contributed by atoms with E-state index in [4.69, 9.17) is 11.6 Å². The second-order valence-electron chi connectivity index (χ2n) is 4.44. The van der Waals surface area contributed by atoms with E-state index >= 15 is 0 Å². The smallest absolute Gasteiger partial charge is 0.225 e. The van der Waals surface area contributed by atoms with Crippen molar-refractivity contribution >= 4 is 11.6 Å². The number of nitrogens with zero attached hydrogens (tertiary/aromatic N) is 3. The molecule has 0 amide bonds. The fourth-order valence-corrected chi connectivity index (χ4v) is 2.52. The molecule has 1 saturated carbocycles. The Kier molecular flexibility index (Phi) is 3.29. The van der Waals surface area contributed by atoms with Crippen LogP contribution < -0.4 is 0 Å². The molecular formula is C11H18ClN3. The molecule has 15 heavy (non-hydrogen) atoms. The summed E-state index contributed by atoms with van der Waals surface area (Å²) in [5.41, 5.74) is 0. The van der Waals surface area contributed by atoms with Gasteiger partial charge in [0.15, 0.2) is 0 Å². The number of aromatic nitrogens is 3. The minimum Gasteiger partial charge on any atom is -0.299 e. The van der Waals surface area contributed by atoms with Crippen molar-refractivity contribution in [2.75, 3.05) is 0 Å². The lowest BCUT2D eigenvalue weighted by Crippen LogP contribution is -2.24. The Labute approximate surface area is 95.8 Å². The molecule has 1 aromatic rings. The molecule has 2 rings (SSSR count). The number of hydrogen-bond donors (Lipinski definition) is 0. The highest BCUT2D eigenvalue weighted by molar-refractivity contribution is 6.28. The van der Waals surface area contributed by atoms with E-state index < -0.39 is 0 Å². The van der Waals surface area contributed by atoms with E-state index in [0.717, 1.165) is 24.6 Å². The van der Waals surface area contributed by atoms with Gasteiger partial charge in [-0.05, 0) is 43.7 Å². The number of halogens is 1. The molecule has 0 saturated heterocycles. The van der Waals surface area contributed by atoms with E-state index in [9.17, 15) is 0 Å². The van der Waals surface area contributed by atoms with Gasteiger partial charge in [0.1, 0.15) is 5.82 Å². The lowest BCUT2D eigenvalue weighted by atomic mass is 9.80. The largest absolute Gasteiger partial charge is 0.299 e. The molecular weight excluding hydrogens is 210 g/mol. The summed E-state index contributed by atoms with van der Waals surface area (Å²) in [7, 11) is 0. The second-order valence-corrected chi connectivity index (χ2v) is 4.77. The monoisotopic (exact) mass is 227 g/mol. The van der Waals surface area contributed by atoms with Crippen molar-refractivity contribution < 1.29 is 0 Å². The molecule has 1 unspecified atom stereocenters. The summed E-state index contributed by atoms with van der Waals surface area (Å²) in [4.78, 5) is 0. The van der Waals surface area contributed by atoms with Gasteiger partial charge in [0.25, 0.3) is 0 Å². The van der Waals surface area contributed by atoms with Crippen LogP contribution in [0.5, 0.6) is 0 Å².